The zero-order valence-corrected chi connectivity index (χ0v) is 16.5. The van der Waals surface area contributed by atoms with Gasteiger partial charge in [-0.2, -0.15) is 0 Å². The first-order valence-electron chi connectivity index (χ1n) is 10.7. The summed E-state index contributed by atoms with van der Waals surface area (Å²) in [7, 11) is 0. The second kappa shape index (κ2) is 14.6. The van der Waals surface area contributed by atoms with Gasteiger partial charge in [0.25, 0.3) is 0 Å². The Morgan fingerprint density at radius 2 is 1.04 bits per heavy atom. The van der Waals surface area contributed by atoms with Gasteiger partial charge in [-0.15, -0.1) is 0 Å². The molecule has 1 radical (unpaired) electrons. The molecule has 1 aromatic carbocycles. The Morgan fingerprint density at radius 1 is 0.625 bits per heavy atom. The highest BCUT2D eigenvalue weighted by Gasteiger charge is 2.06. The van der Waals surface area contributed by atoms with Crippen molar-refractivity contribution in [3.05, 3.63) is 41.8 Å². The van der Waals surface area contributed by atoms with Crippen LogP contribution in [0, 0.1) is 6.92 Å². The number of hydrogen-bond acceptors (Lipinski definition) is 0. The molecule has 0 aromatic heterocycles. The van der Waals surface area contributed by atoms with Crippen LogP contribution in [0.2, 0.25) is 0 Å². The summed E-state index contributed by atoms with van der Waals surface area (Å²) in [4.78, 5) is 0. The average molecular weight is 330 g/mol. The summed E-state index contributed by atoms with van der Waals surface area (Å²) in [6.45, 7) is 8.79. The minimum Gasteiger partial charge on any atom is -0.0654 e. The molecule has 137 valence electrons. The van der Waals surface area contributed by atoms with Crippen LogP contribution in [0.5, 0.6) is 0 Å². The van der Waals surface area contributed by atoms with E-state index in [-0.39, 0.29) is 0 Å². The van der Waals surface area contributed by atoms with E-state index in [1.54, 1.807) is 16.7 Å². The van der Waals surface area contributed by atoms with E-state index in [0.29, 0.717) is 0 Å². The monoisotopic (exact) mass is 329 g/mol. The van der Waals surface area contributed by atoms with E-state index in [2.05, 4.69) is 39.0 Å². The summed E-state index contributed by atoms with van der Waals surface area (Å²) in [5, 5.41) is 0. The molecule has 0 atom stereocenters. The van der Waals surface area contributed by atoms with Crippen molar-refractivity contribution >= 4 is 0 Å². The van der Waals surface area contributed by atoms with Gasteiger partial charge in [-0.3, -0.25) is 0 Å². The van der Waals surface area contributed by atoms with Crippen LogP contribution in [-0.4, -0.2) is 0 Å². The highest BCUT2D eigenvalue weighted by molar-refractivity contribution is 5.36. The van der Waals surface area contributed by atoms with Gasteiger partial charge in [0.05, 0.1) is 0 Å². The summed E-state index contributed by atoms with van der Waals surface area (Å²) in [5.74, 6) is 0. The van der Waals surface area contributed by atoms with Crippen LogP contribution in [0.25, 0.3) is 0 Å². The van der Waals surface area contributed by atoms with Crippen LogP contribution >= 0.6 is 0 Å². The van der Waals surface area contributed by atoms with Crippen molar-refractivity contribution in [1.82, 2.24) is 0 Å². The molecule has 0 bridgehead atoms. The van der Waals surface area contributed by atoms with Gasteiger partial charge < -0.3 is 0 Å². The van der Waals surface area contributed by atoms with Gasteiger partial charge in [0, 0.05) is 0 Å². The fraction of sp³-hybridized carbons (Fsp3) is 0.708. The Labute approximate surface area is 152 Å². The van der Waals surface area contributed by atoms with Gasteiger partial charge >= 0.3 is 0 Å². The summed E-state index contributed by atoms with van der Waals surface area (Å²) >= 11 is 0. The van der Waals surface area contributed by atoms with Crippen molar-refractivity contribution in [2.24, 2.45) is 0 Å². The topological polar surface area (TPSA) is 0 Å². The summed E-state index contributed by atoms with van der Waals surface area (Å²) in [6.07, 6.45) is 20.0. The quantitative estimate of drug-likeness (QED) is 0.287. The Morgan fingerprint density at radius 3 is 1.46 bits per heavy atom. The zero-order chi connectivity index (χ0) is 17.5. The fourth-order valence-electron chi connectivity index (χ4n) is 3.67. The Bertz CT molecular complexity index is 370. The van der Waals surface area contributed by atoms with Crippen LogP contribution in [0.1, 0.15) is 108 Å². The van der Waals surface area contributed by atoms with Crippen molar-refractivity contribution in [2.75, 3.05) is 0 Å². The Hall–Kier alpha value is -0.780. The van der Waals surface area contributed by atoms with Gasteiger partial charge in [-0.25, -0.2) is 0 Å². The van der Waals surface area contributed by atoms with Gasteiger partial charge in [0.2, 0.25) is 0 Å². The van der Waals surface area contributed by atoms with Crippen molar-refractivity contribution in [3.63, 3.8) is 0 Å². The number of benzene rings is 1. The third-order valence-corrected chi connectivity index (χ3v) is 5.22. The molecule has 0 aliphatic heterocycles. The van der Waals surface area contributed by atoms with Crippen LogP contribution < -0.4 is 0 Å². The minimum absolute atomic E-state index is 0.956. The number of unbranched alkanes of at least 4 members (excludes halogenated alkanes) is 10. The van der Waals surface area contributed by atoms with Crippen molar-refractivity contribution in [3.8, 4) is 0 Å². The second-order valence-corrected chi connectivity index (χ2v) is 7.34. The molecule has 0 fully saturated rings. The summed E-state index contributed by atoms with van der Waals surface area (Å²) in [5.41, 5.74) is 4.70. The molecule has 0 amide bonds. The molecule has 1 aromatic rings. The Kier molecular flexibility index (Phi) is 12.9. The third-order valence-electron chi connectivity index (χ3n) is 5.22. The highest BCUT2D eigenvalue weighted by Crippen LogP contribution is 2.21. The lowest BCUT2D eigenvalue weighted by Crippen LogP contribution is -2.00. The molecule has 0 heteroatoms. The molecule has 24 heavy (non-hydrogen) atoms. The molecule has 0 aliphatic rings. The van der Waals surface area contributed by atoms with Gasteiger partial charge in [-0.1, -0.05) is 96.3 Å². The molecule has 0 heterocycles. The summed E-state index contributed by atoms with van der Waals surface area (Å²) < 4.78 is 0. The molecule has 0 spiro atoms. The fourth-order valence-corrected chi connectivity index (χ4v) is 3.67. The maximum atomic E-state index is 4.21. The molecule has 0 saturated heterocycles. The van der Waals surface area contributed by atoms with Gasteiger partial charge in [-0.05, 0) is 55.7 Å². The zero-order valence-electron chi connectivity index (χ0n) is 16.5. The smallest absolute Gasteiger partial charge is 0.0273 e. The molecule has 0 saturated carbocycles. The minimum atomic E-state index is 0.956. The third kappa shape index (κ3) is 8.90. The molecular weight excluding hydrogens is 288 g/mol. The first-order valence-corrected chi connectivity index (χ1v) is 10.7. The largest absolute Gasteiger partial charge is 0.0654 e. The van der Waals surface area contributed by atoms with E-state index < -0.39 is 0 Å². The van der Waals surface area contributed by atoms with Crippen LogP contribution in [0.3, 0.4) is 0 Å². The molecular formula is C24H41. The predicted molar refractivity (Wildman–Crippen MR) is 110 cm³/mol. The number of hydrogen-bond donors (Lipinski definition) is 0. The standard InChI is InChI=1S/C24H41/c1-4-7-9-11-13-15-18-22-20-17-21-23(24(22)6-3)19-16-14-12-10-8-5-2/h17,20-21H,3-16,18-19H2,1-2H3. The van der Waals surface area contributed by atoms with Gasteiger partial charge in [0.15, 0.2) is 0 Å². The second-order valence-electron chi connectivity index (χ2n) is 7.34. The van der Waals surface area contributed by atoms with Crippen LogP contribution in [0.15, 0.2) is 18.2 Å². The van der Waals surface area contributed by atoms with Crippen LogP contribution in [0.4, 0.5) is 0 Å². The molecule has 0 unspecified atom stereocenters. The molecule has 0 N–H and O–H groups in total. The lowest BCUT2D eigenvalue weighted by Gasteiger charge is -2.14. The SMILES string of the molecule is [CH2]Cc1c(CCCCCCCC)cccc1CCCCCCCC. The van der Waals surface area contributed by atoms with E-state index in [0.717, 1.165) is 6.42 Å². The first-order chi connectivity index (χ1) is 11.8. The van der Waals surface area contributed by atoms with E-state index in [9.17, 15) is 0 Å². The summed E-state index contributed by atoms with van der Waals surface area (Å²) in [6, 6.07) is 6.96. The van der Waals surface area contributed by atoms with Crippen molar-refractivity contribution in [2.45, 2.75) is 110 Å². The predicted octanol–water partition coefficient (Wildman–Crippen LogP) is 7.87. The van der Waals surface area contributed by atoms with Crippen LogP contribution in [-0.2, 0) is 19.3 Å². The molecule has 0 aliphatic carbocycles. The maximum absolute atomic E-state index is 4.21. The van der Waals surface area contributed by atoms with E-state index in [4.69, 9.17) is 0 Å². The first kappa shape index (κ1) is 21.3. The highest BCUT2D eigenvalue weighted by atomic mass is 14.1. The molecule has 1 rings (SSSR count). The van der Waals surface area contributed by atoms with E-state index in [1.165, 1.54) is 89.9 Å². The van der Waals surface area contributed by atoms with E-state index in [1.807, 2.05) is 0 Å². The van der Waals surface area contributed by atoms with Crippen molar-refractivity contribution in [1.29, 1.82) is 0 Å². The van der Waals surface area contributed by atoms with Crippen molar-refractivity contribution < 1.29 is 0 Å². The molecule has 0 nitrogen and oxygen atoms in total. The number of rotatable bonds is 15. The normalized spacial score (nSPS) is 11.1. The maximum Gasteiger partial charge on any atom is -0.0273 e. The lowest BCUT2D eigenvalue weighted by atomic mass is 9.92. The number of aryl methyl sites for hydroxylation is 2. The van der Waals surface area contributed by atoms with E-state index >= 15 is 0 Å². The Balaban J connectivity index is 2.38. The van der Waals surface area contributed by atoms with Gasteiger partial charge in [0.1, 0.15) is 0 Å². The lowest BCUT2D eigenvalue weighted by molar-refractivity contribution is 0.603. The average Bonchev–Trinajstić information content (AvgIpc) is 2.61.